The van der Waals surface area contributed by atoms with Crippen molar-refractivity contribution in [1.29, 1.82) is 0 Å². The Morgan fingerprint density at radius 1 is 0.905 bits per heavy atom. The van der Waals surface area contributed by atoms with Gasteiger partial charge in [-0.1, -0.05) is 12.1 Å². The highest BCUT2D eigenvalue weighted by molar-refractivity contribution is 5.88. The summed E-state index contributed by atoms with van der Waals surface area (Å²) in [6.45, 7) is -0.407. The largest absolute Gasteiger partial charge is 0.504 e. The molecule has 0 amide bonds. The van der Waals surface area contributed by atoms with Gasteiger partial charge in [-0.3, -0.25) is 0 Å². The summed E-state index contributed by atoms with van der Waals surface area (Å²) in [5, 5.41) is 30.2. The number of rotatable bonds is 10. The van der Waals surface area contributed by atoms with Crippen LogP contribution in [0.3, 0.4) is 0 Å². The maximum Gasteiger partial charge on any atom is 0.366 e. The summed E-state index contributed by atoms with van der Waals surface area (Å²) in [4.78, 5) is 37.6. The second-order valence-corrected chi connectivity index (χ2v) is 9.32. The van der Waals surface area contributed by atoms with Gasteiger partial charge in [0, 0.05) is 18.6 Å². The van der Waals surface area contributed by atoms with E-state index in [-0.39, 0.29) is 23.0 Å². The molecule has 0 aliphatic carbocycles. The zero-order chi connectivity index (χ0) is 30.4. The fourth-order valence-corrected chi connectivity index (χ4v) is 4.54. The molecule has 3 N–H and O–H groups in total. The lowest BCUT2D eigenvalue weighted by atomic mass is 9.95. The van der Waals surface area contributed by atoms with Crippen LogP contribution in [-0.4, -0.2) is 91.4 Å². The van der Waals surface area contributed by atoms with Crippen LogP contribution < -0.4 is 9.47 Å². The zero-order valence-corrected chi connectivity index (χ0v) is 22.9. The van der Waals surface area contributed by atoms with E-state index in [1.54, 1.807) is 12.1 Å². The van der Waals surface area contributed by atoms with E-state index in [0.29, 0.717) is 11.1 Å². The Morgan fingerprint density at radius 3 is 2.02 bits per heavy atom. The van der Waals surface area contributed by atoms with Gasteiger partial charge in [0.15, 0.2) is 29.1 Å². The van der Waals surface area contributed by atoms with Gasteiger partial charge in [-0.05, 0) is 47.5 Å². The van der Waals surface area contributed by atoms with Crippen molar-refractivity contribution in [3.8, 4) is 23.0 Å². The Morgan fingerprint density at radius 2 is 1.48 bits per heavy atom. The fraction of sp³-hybridized carbons (Fsp3) is 0.345. The lowest BCUT2D eigenvalue weighted by Crippen LogP contribution is -2.55. The number of methoxy groups -OCH3 is 3. The van der Waals surface area contributed by atoms with Crippen LogP contribution in [0.15, 0.2) is 48.6 Å². The van der Waals surface area contributed by atoms with Crippen molar-refractivity contribution in [1.82, 2.24) is 0 Å². The number of carbonyl (C=O) groups excluding carboxylic acids is 3. The molecule has 2 heterocycles. The molecule has 2 saturated heterocycles. The van der Waals surface area contributed by atoms with Crippen molar-refractivity contribution in [2.75, 3.05) is 27.9 Å². The number of fused-ring (bicyclic) bond motifs is 2. The number of esters is 3. The number of ether oxygens (including phenoxy) is 7. The van der Waals surface area contributed by atoms with Gasteiger partial charge in [0.1, 0.15) is 18.8 Å². The van der Waals surface area contributed by atoms with Crippen LogP contribution in [0, 0.1) is 0 Å². The average molecular weight is 587 g/mol. The molecule has 2 fully saturated rings. The van der Waals surface area contributed by atoms with Crippen molar-refractivity contribution in [2.24, 2.45) is 0 Å². The Balaban J connectivity index is 1.44. The first-order valence-electron chi connectivity index (χ1n) is 12.7. The minimum Gasteiger partial charge on any atom is -0.504 e. The number of hydrogen-bond acceptors (Lipinski definition) is 13. The Hall–Kier alpha value is -4.59. The highest BCUT2D eigenvalue weighted by Crippen LogP contribution is 2.42. The quantitative estimate of drug-likeness (QED) is 0.209. The maximum absolute atomic E-state index is 12.6. The summed E-state index contributed by atoms with van der Waals surface area (Å²) in [6.07, 6.45) is -0.241. The molecule has 5 atom stereocenters. The summed E-state index contributed by atoms with van der Waals surface area (Å²) in [5.74, 6) is -4.19. The van der Waals surface area contributed by atoms with E-state index >= 15 is 0 Å². The van der Waals surface area contributed by atoms with Crippen molar-refractivity contribution in [3.05, 3.63) is 59.7 Å². The van der Waals surface area contributed by atoms with E-state index in [1.165, 1.54) is 50.6 Å². The van der Waals surface area contributed by atoms with E-state index in [0.717, 1.165) is 19.3 Å². The number of aliphatic hydroxyl groups is 1. The number of phenolic OH excluding ortho intramolecular Hbond substituents is 2. The number of aliphatic hydroxyl groups excluding tert-OH is 1. The monoisotopic (exact) mass is 586 g/mol. The normalized spacial score (nSPS) is 24.9. The SMILES string of the molecule is COC(=O)[C@@]12C[C@H](O)[C@H](OC(=O)/C=C/c3ccc(O)c(OC)c3)C(O1)[C@@H](COC(=O)/C=C/c1ccc(O)c(OC)c1)O2. The molecule has 4 rings (SSSR count). The highest BCUT2D eigenvalue weighted by Gasteiger charge is 2.63. The second-order valence-electron chi connectivity index (χ2n) is 9.32. The predicted molar refractivity (Wildman–Crippen MR) is 143 cm³/mol. The van der Waals surface area contributed by atoms with Gasteiger partial charge < -0.3 is 48.5 Å². The molecule has 224 valence electrons. The molecular formula is C29H30O13. The third kappa shape index (κ3) is 6.65. The number of phenols is 2. The zero-order valence-electron chi connectivity index (χ0n) is 22.9. The van der Waals surface area contributed by atoms with Crippen molar-refractivity contribution >= 4 is 30.1 Å². The van der Waals surface area contributed by atoms with Gasteiger partial charge in [0.05, 0.1) is 27.4 Å². The third-order valence-corrected chi connectivity index (χ3v) is 6.59. The van der Waals surface area contributed by atoms with Crippen LogP contribution in [0.2, 0.25) is 0 Å². The Bertz CT molecular complexity index is 1380. The van der Waals surface area contributed by atoms with E-state index in [1.807, 2.05) is 0 Å². The van der Waals surface area contributed by atoms with Crippen LogP contribution in [0.1, 0.15) is 17.5 Å². The number of aromatic hydroxyl groups is 2. The maximum atomic E-state index is 12.6. The van der Waals surface area contributed by atoms with Gasteiger partial charge in [-0.15, -0.1) is 0 Å². The first-order chi connectivity index (χ1) is 20.1. The molecule has 13 nitrogen and oxygen atoms in total. The molecular weight excluding hydrogens is 556 g/mol. The van der Waals surface area contributed by atoms with Crippen molar-refractivity contribution in [2.45, 2.75) is 36.6 Å². The van der Waals surface area contributed by atoms with E-state index in [9.17, 15) is 29.7 Å². The van der Waals surface area contributed by atoms with Gasteiger partial charge in [0.2, 0.25) is 0 Å². The van der Waals surface area contributed by atoms with Crippen LogP contribution in [0.5, 0.6) is 23.0 Å². The number of carbonyl (C=O) groups is 3. The second kappa shape index (κ2) is 12.9. The summed E-state index contributed by atoms with van der Waals surface area (Å²) in [5.41, 5.74) is 1.08. The average Bonchev–Trinajstić information content (AvgIpc) is 3.31. The van der Waals surface area contributed by atoms with Crippen molar-refractivity contribution in [3.63, 3.8) is 0 Å². The molecule has 1 unspecified atom stereocenters. The molecule has 2 aliphatic rings. The number of hydrogen-bond donors (Lipinski definition) is 3. The molecule has 0 spiro atoms. The lowest BCUT2D eigenvalue weighted by Gasteiger charge is -2.36. The summed E-state index contributed by atoms with van der Waals surface area (Å²) < 4.78 is 37.2. The Labute approximate surface area is 240 Å². The lowest BCUT2D eigenvalue weighted by molar-refractivity contribution is -0.249. The molecule has 0 radical (unpaired) electrons. The van der Waals surface area contributed by atoms with Gasteiger partial charge in [0.25, 0.3) is 5.79 Å². The van der Waals surface area contributed by atoms with Crippen molar-refractivity contribution < 1.29 is 62.9 Å². The minimum atomic E-state index is -1.98. The molecule has 13 heteroatoms. The smallest absolute Gasteiger partial charge is 0.366 e. The first-order valence-corrected chi connectivity index (χ1v) is 12.7. The van der Waals surface area contributed by atoms with Crippen LogP contribution in [0.4, 0.5) is 0 Å². The van der Waals surface area contributed by atoms with E-state index in [4.69, 9.17) is 33.2 Å². The molecule has 0 saturated carbocycles. The fourth-order valence-electron chi connectivity index (χ4n) is 4.54. The molecule has 42 heavy (non-hydrogen) atoms. The summed E-state index contributed by atoms with van der Waals surface area (Å²) in [7, 11) is 3.90. The highest BCUT2D eigenvalue weighted by atomic mass is 16.8. The standard InChI is InChI=1S/C29H30O13/c1-36-21-12-16(4-8-18(21)30)6-10-24(33)39-15-23-27-26(20(32)14-29(41-23,42-27)28(35)38-3)40-25(34)11-7-17-5-9-19(31)22(13-17)37-2/h4-13,20,23,26-27,30-32H,14-15H2,1-3H3/b10-6+,11-7+/t20-,23+,26-,27?,29+/m0/s1. The molecule has 2 aromatic rings. The third-order valence-electron chi connectivity index (χ3n) is 6.59. The van der Waals surface area contributed by atoms with Crippen LogP contribution in [0.25, 0.3) is 12.2 Å². The topological polar surface area (TPSA) is 177 Å². The molecule has 2 bridgehead atoms. The van der Waals surface area contributed by atoms with Gasteiger partial charge in [-0.25, -0.2) is 14.4 Å². The first kappa shape index (κ1) is 30.4. The van der Waals surface area contributed by atoms with Gasteiger partial charge >= 0.3 is 17.9 Å². The number of benzene rings is 2. The van der Waals surface area contributed by atoms with Gasteiger partial charge in [-0.2, -0.15) is 0 Å². The molecule has 2 aliphatic heterocycles. The molecule has 2 aromatic carbocycles. The van der Waals surface area contributed by atoms with Crippen LogP contribution in [-0.2, 0) is 38.1 Å². The summed E-state index contributed by atoms with van der Waals surface area (Å²) >= 11 is 0. The van der Waals surface area contributed by atoms with E-state index in [2.05, 4.69) is 0 Å². The van der Waals surface area contributed by atoms with E-state index < -0.39 is 61.1 Å². The van der Waals surface area contributed by atoms with Crippen LogP contribution >= 0.6 is 0 Å². The summed E-state index contributed by atoms with van der Waals surface area (Å²) in [6, 6.07) is 8.93. The Kier molecular flexibility index (Phi) is 9.35. The molecule has 0 aromatic heterocycles. The minimum absolute atomic E-state index is 0.0604. The predicted octanol–water partition coefficient (Wildman–Crippen LogP) is 1.71.